The van der Waals surface area contributed by atoms with Gasteiger partial charge in [-0.2, -0.15) is 0 Å². The molecule has 1 heterocycles. The first-order valence-corrected chi connectivity index (χ1v) is 8.22. The largest absolute Gasteiger partial charge is 0.497 e. The summed E-state index contributed by atoms with van der Waals surface area (Å²) in [6, 6.07) is 6.70. The molecular formula is C18H23NO6. The van der Waals surface area contributed by atoms with Crippen molar-refractivity contribution in [3.8, 4) is 5.75 Å². The van der Waals surface area contributed by atoms with Crippen molar-refractivity contribution in [2.75, 3.05) is 20.3 Å². The highest BCUT2D eigenvalue weighted by Crippen LogP contribution is 2.25. The monoisotopic (exact) mass is 349 g/mol. The molecule has 0 aliphatic carbocycles. The maximum absolute atomic E-state index is 12.2. The van der Waals surface area contributed by atoms with Crippen molar-refractivity contribution in [2.45, 2.75) is 37.6 Å². The Morgan fingerprint density at radius 3 is 2.36 bits per heavy atom. The molecule has 1 aliphatic rings. The molecule has 1 amide bonds. The summed E-state index contributed by atoms with van der Waals surface area (Å²) < 4.78 is 10.3. The molecule has 1 aromatic carbocycles. The number of nitrogens with one attached hydrogen (secondary N) is 1. The van der Waals surface area contributed by atoms with E-state index in [1.54, 1.807) is 31.4 Å². The van der Waals surface area contributed by atoms with Crippen LogP contribution in [-0.4, -0.2) is 48.6 Å². The van der Waals surface area contributed by atoms with Gasteiger partial charge in [0, 0.05) is 31.6 Å². The minimum absolute atomic E-state index is 0.0209. The standard InChI is InChI=1S/C18H23NO6/c1-24-14-4-2-13(3-5-14)15(20)6-7-16(21)19-18(12-17(22)23)8-10-25-11-9-18/h2-5H,6-12H2,1H3,(H,19,21)(H,22,23). The third-order valence-electron chi connectivity index (χ3n) is 4.34. The van der Waals surface area contributed by atoms with E-state index in [1.807, 2.05) is 0 Å². The Morgan fingerprint density at radius 1 is 1.16 bits per heavy atom. The Labute approximate surface area is 146 Å². The van der Waals surface area contributed by atoms with Crippen molar-refractivity contribution < 1.29 is 29.0 Å². The number of aliphatic carboxylic acids is 1. The number of ketones is 1. The molecule has 0 radical (unpaired) electrons. The number of carbonyl (C=O) groups excluding carboxylic acids is 2. The topological polar surface area (TPSA) is 102 Å². The van der Waals surface area contributed by atoms with E-state index in [-0.39, 0.29) is 31.0 Å². The summed E-state index contributed by atoms with van der Waals surface area (Å²) in [6.07, 6.45) is 0.856. The predicted octanol–water partition coefficient (Wildman–Crippen LogP) is 1.80. The van der Waals surface area contributed by atoms with Gasteiger partial charge in [-0.3, -0.25) is 14.4 Å². The van der Waals surface area contributed by atoms with Crippen LogP contribution in [0.15, 0.2) is 24.3 Å². The van der Waals surface area contributed by atoms with Crippen LogP contribution in [-0.2, 0) is 14.3 Å². The van der Waals surface area contributed by atoms with E-state index in [2.05, 4.69) is 5.32 Å². The highest BCUT2D eigenvalue weighted by atomic mass is 16.5. The van der Waals surface area contributed by atoms with Crippen molar-refractivity contribution in [2.24, 2.45) is 0 Å². The van der Waals surface area contributed by atoms with E-state index in [1.165, 1.54) is 0 Å². The zero-order valence-electron chi connectivity index (χ0n) is 14.2. The third-order valence-corrected chi connectivity index (χ3v) is 4.34. The number of Topliss-reactive ketones (excluding diaryl/α,β-unsaturated/α-hetero) is 1. The van der Waals surface area contributed by atoms with Crippen LogP contribution in [0.25, 0.3) is 0 Å². The molecule has 1 aromatic rings. The van der Waals surface area contributed by atoms with Crippen LogP contribution < -0.4 is 10.1 Å². The lowest BCUT2D eigenvalue weighted by molar-refractivity contribution is -0.140. The second kappa shape index (κ2) is 8.62. The Hall–Kier alpha value is -2.41. The highest BCUT2D eigenvalue weighted by molar-refractivity contribution is 5.98. The van der Waals surface area contributed by atoms with Crippen LogP contribution in [0.2, 0.25) is 0 Å². The first-order valence-electron chi connectivity index (χ1n) is 8.22. The lowest BCUT2D eigenvalue weighted by Crippen LogP contribution is -2.53. The Kier molecular flexibility index (Phi) is 6.52. The molecule has 1 aliphatic heterocycles. The fourth-order valence-electron chi connectivity index (χ4n) is 2.90. The second-order valence-corrected chi connectivity index (χ2v) is 6.16. The summed E-state index contributed by atoms with van der Waals surface area (Å²) in [5.41, 5.74) is -0.274. The Balaban J connectivity index is 1.89. The van der Waals surface area contributed by atoms with Gasteiger partial charge in [-0.05, 0) is 37.1 Å². The van der Waals surface area contributed by atoms with Crippen molar-refractivity contribution >= 4 is 17.7 Å². The minimum Gasteiger partial charge on any atom is -0.497 e. The molecule has 0 aromatic heterocycles. The lowest BCUT2D eigenvalue weighted by atomic mass is 9.86. The number of carbonyl (C=O) groups is 3. The minimum atomic E-state index is -0.962. The number of methoxy groups -OCH3 is 1. The zero-order valence-corrected chi connectivity index (χ0v) is 14.2. The molecule has 0 atom stereocenters. The molecule has 2 N–H and O–H groups in total. The SMILES string of the molecule is COc1ccc(C(=O)CCC(=O)NC2(CC(=O)O)CCOCC2)cc1. The number of amides is 1. The van der Waals surface area contributed by atoms with Crippen molar-refractivity contribution in [1.29, 1.82) is 0 Å². The van der Waals surface area contributed by atoms with E-state index in [9.17, 15) is 14.4 Å². The quantitative estimate of drug-likeness (QED) is 0.694. The van der Waals surface area contributed by atoms with Crippen LogP contribution in [0.5, 0.6) is 5.75 Å². The molecule has 1 fully saturated rings. The lowest BCUT2D eigenvalue weighted by Gasteiger charge is -2.36. The summed E-state index contributed by atoms with van der Waals surface area (Å²) in [5.74, 6) is -0.761. The molecule has 2 rings (SSSR count). The molecule has 0 saturated carbocycles. The van der Waals surface area contributed by atoms with E-state index in [0.29, 0.717) is 37.4 Å². The van der Waals surface area contributed by atoms with Gasteiger partial charge in [-0.25, -0.2) is 0 Å². The fourth-order valence-corrected chi connectivity index (χ4v) is 2.90. The van der Waals surface area contributed by atoms with Gasteiger partial charge in [0.25, 0.3) is 0 Å². The zero-order chi connectivity index (χ0) is 18.3. The third kappa shape index (κ3) is 5.56. The first kappa shape index (κ1) is 18.9. The number of ether oxygens (including phenoxy) is 2. The average molecular weight is 349 g/mol. The van der Waals surface area contributed by atoms with E-state index in [4.69, 9.17) is 14.6 Å². The number of hydrogen-bond donors (Lipinski definition) is 2. The molecule has 136 valence electrons. The summed E-state index contributed by atoms with van der Waals surface area (Å²) in [7, 11) is 1.55. The van der Waals surface area contributed by atoms with Crippen molar-refractivity contribution in [3.05, 3.63) is 29.8 Å². The number of rotatable bonds is 8. The van der Waals surface area contributed by atoms with Crippen molar-refractivity contribution in [3.63, 3.8) is 0 Å². The van der Waals surface area contributed by atoms with Gasteiger partial charge in [0.15, 0.2) is 5.78 Å². The van der Waals surface area contributed by atoms with E-state index >= 15 is 0 Å². The summed E-state index contributed by atoms with van der Waals surface area (Å²) in [6.45, 7) is 0.830. The van der Waals surface area contributed by atoms with Crippen LogP contribution in [0, 0.1) is 0 Å². The molecule has 7 heteroatoms. The molecule has 0 unspecified atom stereocenters. The van der Waals surface area contributed by atoms with Crippen LogP contribution in [0.1, 0.15) is 42.5 Å². The van der Waals surface area contributed by atoms with Gasteiger partial charge in [-0.15, -0.1) is 0 Å². The number of benzene rings is 1. The van der Waals surface area contributed by atoms with Gasteiger partial charge in [0.1, 0.15) is 5.75 Å². The summed E-state index contributed by atoms with van der Waals surface area (Å²) in [5, 5.41) is 11.9. The maximum Gasteiger partial charge on any atom is 0.305 e. The van der Waals surface area contributed by atoms with Crippen LogP contribution in [0.4, 0.5) is 0 Å². The molecule has 25 heavy (non-hydrogen) atoms. The van der Waals surface area contributed by atoms with E-state index in [0.717, 1.165) is 0 Å². The summed E-state index contributed by atoms with van der Waals surface area (Å²) in [4.78, 5) is 35.5. The molecule has 1 saturated heterocycles. The Morgan fingerprint density at radius 2 is 1.80 bits per heavy atom. The van der Waals surface area contributed by atoms with E-state index < -0.39 is 11.5 Å². The van der Waals surface area contributed by atoms with Gasteiger partial charge >= 0.3 is 5.97 Å². The fraction of sp³-hybridized carbons (Fsp3) is 0.500. The first-order chi connectivity index (χ1) is 11.9. The Bertz CT molecular complexity index is 619. The van der Waals surface area contributed by atoms with Crippen LogP contribution >= 0.6 is 0 Å². The number of carboxylic acids is 1. The average Bonchev–Trinajstić information content (AvgIpc) is 2.59. The molecule has 7 nitrogen and oxygen atoms in total. The molecular weight excluding hydrogens is 326 g/mol. The van der Waals surface area contributed by atoms with Gasteiger partial charge in [0.05, 0.1) is 19.1 Å². The smallest absolute Gasteiger partial charge is 0.305 e. The predicted molar refractivity (Wildman–Crippen MR) is 89.7 cm³/mol. The van der Waals surface area contributed by atoms with Crippen LogP contribution in [0.3, 0.4) is 0 Å². The normalized spacial score (nSPS) is 16.0. The highest BCUT2D eigenvalue weighted by Gasteiger charge is 2.36. The number of hydrogen-bond acceptors (Lipinski definition) is 5. The molecule has 0 spiro atoms. The van der Waals surface area contributed by atoms with Gasteiger partial charge in [-0.1, -0.05) is 0 Å². The van der Waals surface area contributed by atoms with Gasteiger partial charge in [0.2, 0.25) is 5.91 Å². The number of carboxylic acid groups (broad SMARTS) is 1. The maximum atomic E-state index is 12.2. The van der Waals surface area contributed by atoms with Crippen molar-refractivity contribution in [1.82, 2.24) is 5.32 Å². The summed E-state index contributed by atoms with van der Waals surface area (Å²) >= 11 is 0. The second-order valence-electron chi connectivity index (χ2n) is 6.16. The molecule has 0 bridgehead atoms. The van der Waals surface area contributed by atoms with Gasteiger partial charge < -0.3 is 19.9 Å².